The largest absolute Gasteiger partial charge is 0.846 e. The van der Waals surface area contributed by atoms with Crippen LogP contribution in [0.4, 0.5) is 30.2 Å². The molecular weight excluding hydrogens is 501 g/mol. The van der Waals surface area contributed by atoms with Gasteiger partial charge in [0.1, 0.15) is 18.3 Å². The van der Waals surface area contributed by atoms with E-state index in [9.17, 15) is 23.4 Å². The van der Waals surface area contributed by atoms with Gasteiger partial charge in [-0.3, -0.25) is 10.0 Å². The lowest BCUT2D eigenvalue weighted by Gasteiger charge is -2.28. The molecule has 2 unspecified atom stereocenters. The molecule has 1 heterocycles. The molecule has 3 N–H and O–H groups in total. The van der Waals surface area contributed by atoms with E-state index in [-0.39, 0.29) is 11.7 Å². The maximum Gasteiger partial charge on any atom is 0.573 e. The molecule has 38 heavy (non-hydrogen) atoms. The van der Waals surface area contributed by atoms with Crippen LogP contribution in [0, 0.1) is 0 Å². The number of aliphatic hydroxyl groups excluding tert-OH is 1. The second kappa shape index (κ2) is 11.4. The Morgan fingerprint density at radius 2 is 1.79 bits per heavy atom. The molecule has 9 nitrogen and oxygen atoms in total. The van der Waals surface area contributed by atoms with Crippen LogP contribution in [0.1, 0.15) is 37.1 Å². The molecule has 0 spiro atoms. The molecule has 0 aliphatic carbocycles. The minimum atomic E-state index is -4.76. The van der Waals surface area contributed by atoms with Crippen LogP contribution in [0.5, 0.6) is 5.75 Å². The third-order valence-corrected chi connectivity index (χ3v) is 5.47. The maximum atomic E-state index is 12.3. The van der Waals surface area contributed by atoms with Crippen molar-refractivity contribution in [2.45, 2.75) is 38.6 Å². The Labute approximate surface area is 217 Å². The van der Waals surface area contributed by atoms with Gasteiger partial charge in [0.2, 0.25) is 0 Å². The van der Waals surface area contributed by atoms with Crippen molar-refractivity contribution < 1.29 is 28.1 Å². The van der Waals surface area contributed by atoms with Crippen LogP contribution in [-0.2, 0) is 0 Å². The van der Waals surface area contributed by atoms with Crippen molar-refractivity contribution in [3.8, 4) is 5.75 Å². The number of nitrogens with one attached hydrogen (secondary N) is 2. The number of alkyl halides is 3. The summed E-state index contributed by atoms with van der Waals surface area (Å²) in [7, 11) is 0. The predicted molar refractivity (Wildman–Crippen MR) is 137 cm³/mol. The second-order valence-corrected chi connectivity index (χ2v) is 8.58. The van der Waals surface area contributed by atoms with Crippen LogP contribution in [0.3, 0.4) is 0 Å². The van der Waals surface area contributed by atoms with Gasteiger partial charge in [-0.05, 0) is 47.4 Å². The first-order valence-electron chi connectivity index (χ1n) is 11.6. The van der Waals surface area contributed by atoms with Crippen molar-refractivity contribution in [1.82, 2.24) is 5.43 Å². The van der Waals surface area contributed by atoms with Gasteiger partial charge in [-0.15, -0.1) is 18.9 Å². The molecule has 12 heteroatoms. The monoisotopic (exact) mass is 526 g/mol. The van der Waals surface area contributed by atoms with Crippen LogP contribution in [0.15, 0.2) is 82.8 Å². The fourth-order valence-corrected chi connectivity index (χ4v) is 3.71. The van der Waals surface area contributed by atoms with E-state index < -0.39 is 24.9 Å². The Morgan fingerprint density at radius 3 is 2.45 bits per heavy atom. The van der Waals surface area contributed by atoms with Crippen LogP contribution >= 0.6 is 0 Å². The molecule has 200 valence electrons. The van der Waals surface area contributed by atoms with Crippen LogP contribution in [0.25, 0.3) is 5.32 Å². The number of benzene rings is 3. The summed E-state index contributed by atoms with van der Waals surface area (Å²) in [5, 5.41) is 30.7. The molecule has 0 aromatic heterocycles. The number of hydrazine groups is 1. The summed E-state index contributed by atoms with van der Waals surface area (Å²) in [5.74, 6) is -0.121. The van der Waals surface area contributed by atoms with Gasteiger partial charge >= 0.3 is 6.36 Å². The summed E-state index contributed by atoms with van der Waals surface area (Å²) in [6.45, 7) is 4.02. The van der Waals surface area contributed by atoms with Crippen molar-refractivity contribution >= 4 is 29.4 Å². The minimum absolute atomic E-state index is 0.198. The number of aliphatic hydroxyl groups is 1. The lowest BCUT2D eigenvalue weighted by atomic mass is 10.0. The van der Waals surface area contributed by atoms with E-state index in [1.165, 1.54) is 30.6 Å². The second-order valence-electron chi connectivity index (χ2n) is 8.58. The molecule has 2 atom stereocenters. The molecular formula is C26H25F3N6O3-2. The minimum Gasteiger partial charge on any atom is -0.846 e. The molecule has 1 aliphatic rings. The Kier molecular flexibility index (Phi) is 8.03. The number of amidine groups is 1. The highest BCUT2D eigenvalue weighted by Crippen LogP contribution is 2.29. The fraction of sp³-hybridized carbons (Fsp3) is 0.231. The summed E-state index contributed by atoms with van der Waals surface area (Å²) >= 11 is 0. The van der Waals surface area contributed by atoms with E-state index >= 15 is 0 Å². The molecule has 0 saturated carbocycles. The Hall–Kier alpha value is -4.29. The number of nitrogens with zero attached hydrogens (tertiary/aromatic N) is 4. The molecule has 0 radical (unpaired) electrons. The van der Waals surface area contributed by atoms with Crippen molar-refractivity contribution in [2.75, 3.05) is 10.3 Å². The quantitative estimate of drug-likeness (QED) is 0.285. The molecule has 3 aromatic rings. The highest BCUT2D eigenvalue weighted by atomic mass is 19.4. The Balaban J connectivity index is 1.31. The van der Waals surface area contributed by atoms with Crippen LogP contribution < -0.4 is 25.6 Å². The molecule has 1 aliphatic heterocycles. The first kappa shape index (κ1) is 26.8. The smallest absolute Gasteiger partial charge is 0.573 e. The molecule has 0 bridgehead atoms. The SMILES string of the molecule is CC(C)c1ccccc1N/C([O-])=N/C(O)[N-]c1ccc(C2N=CN(c3ccc(OC(F)(F)F)cc3)N2)cc1. The summed E-state index contributed by atoms with van der Waals surface area (Å²) in [6.07, 6.45) is -5.28. The first-order chi connectivity index (χ1) is 18.1. The van der Waals surface area contributed by atoms with Gasteiger partial charge in [0, 0.05) is 5.69 Å². The number of anilines is 2. The zero-order chi connectivity index (χ0) is 27.3. The van der Waals surface area contributed by atoms with Gasteiger partial charge in [-0.25, -0.2) is 4.99 Å². The lowest BCUT2D eigenvalue weighted by Crippen LogP contribution is -2.33. The predicted octanol–water partition coefficient (Wildman–Crippen LogP) is 4.87. The van der Waals surface area contributed by atoms with Crippen molar-refractivity contribution in [1.29, 1.82) is 0 Å². The third-order valence-electron chi connectivity index (χ3n) is 5.47. The van der Waals surface area contributed by atoms with Gasteiger partial charge in [-0.1, -0.05) is 56.3 Å². The first-order valence-corrected chi connectivity index (χ1v) is 11.6. The third kappa shape index (κ3) is 7.14. The highest BCUT2D eigenvalue weighted by molar-refractivity contribution is 5.87. The van der Waals surface area contributed by atoms with Crippen LogP contribution in [0.2, 0.25) is 0 Å². The van der Waals surface area contributed by atoms with E-state index in [1.54, 1.807) is 41.4 Å². The summed E-state index contributed by atoms with van der Waals surface area (Å²) in [5.41, 5.74) is 6.42. The molecule has 4 rings (SSSR count). The van der Waals surface area contributed by atoms with E-state index in [4.69, 9.17) is 0 Å². The highest BCUT2D eigenvalue weighted by Gasteiger charge is 2.31. The molecule has 0 fully saturated rings. The van der Waals surface area contributed by atoms with Gasteiger partial charge < -0.3 is 25.6 Å². The molecule has 3 aromatic carbocycles. The standard InChI is InChI=1S/C26H26F3N6O3/c1-16(2)21-5-3-4-6-22(21)32-25(37)33-24(36)31-18-9-7-17(8-10-18)23-30-15-35(34-23)19-11-13-20(14-12-19)38-26(27,28)29/h3-16,23-24,34,36H,1-2H3,(H2,32,33,37)/q-1/p-1. The Bertz CT molecular complexity index is 1280. The van der Waals surface area contributed by atoms with Gasteiger partial charge in [-0.2, -0.15) is 5.43 Å². The van der Waals surface area contributed by atoms with E-state index in [0.717, 1.165) is 11.1 Å². The van der Waals surface area contributed by atoms with E-state index in [2.05, 4.69) is 30.8 Å². The van der Waals surface area contributed by atoms with Crippen molar-refractivity contribution in [3.63, 3.8) is 0 Å². The van der Waals surface area contributed by atoms with E-state index in [0.29, 0.717) is 17.1 Å². The fourth-order valence-electron chi connectivity index (χ4n) is 3.71. The number of hydrogen-bond donors (Lipinski definition) is 3. The van der Waals surface area contributed by atoms with Crippen LogP contribution in [-0.4, -0.2) is 30.2 Å². The normalized spacial score (nSPS) is 16.6. The number of halogens is 3. The zero-order valence-electron chi connectivity index (χ0n) is 20.4. The zero-order valence-corrected chi connectivity index (χ0v) is 20.4. The Morgan fingerprint density at radius 1 is 1.11 bits per heavy atom. The average molecular weight is 527 g/mol. The topological polar surface area (TPSA) is 119 Å². The summed E-state index contributed by atoms with van der Waals surface area (Å²) < 4.78 is 40.9. The number of hydrogen-bond acceptors (Lipinski definition) is 7. The number of rotatable bonds is 8. The number of aliphatic imine (C=N–C) groups is 2. The number of ether oxygens (including phenoxy) is 1. The van der Waals surface area contributed by atoms with Crippen molar-refractivity contribution in [2.24, 2.45) is 9.98 Å². The lowest BCUT2D eigenvalue weighted by molar-refractivity contribution is -0.274. The average Bonchev–Trinajstić information content (AvgIpc) is 3.34. The maximum absolute atomic E-state index is 12.3. The molecule has 0 amide bonds. The summed E-state index contributed by atoms with van der Waals surface area (Å²) in [6, 6.07) is 18.8. The number of para-hydroxylation sites is 1. The van der Waals surface area contributed by atoms with Gasteiger partial charge in [0.25, 0.3) is 0 Å². The summed E-state index contributed by atoms with van der Waals surface area (Å²) in [4.78, 5) is 8.02. The van der Waals surface area contributed by atoms with E-state index in [1.807, 2.05) is 26.0 Å². The van der Waals surface area contributed by atoms with Gasteiger partial charge in [0.05, 0.1) is 18.1 Å². The van der Waals surface area contributed by atoms with Gasteiger partial charge in [0.15, 0.2) is 0 Å². The molecule has 0 saturated heterocycles. The van der Waals surface area contributed by atoms with Crippen molar-refractivity contribution in [3.05, 3.63) is 89.2 Å².